The molecule has 0 bridgehead atoms. The molecule has 1 aliphatic heterocycles. The average Bonchev–Trinajstić information content (AvgIpc) is 2.57. The van der Waals surface area contributed by atoms with Gasteiger partial charge in [0.1, 0.15) is 12.4 Å². The minimum Gasteiger partial charge on any atom is -0.447 e. The Morgan fingerprint density at radius 3 is 2.87 bits per heavy atom. The van der Waals surface area contributed by atoms with Crippen molar-refractivity contribution < 1.29 is 13.9 Å². The highest BCUT2D eigenvalue weighted by atomic mass is 79.9. The Bertz CT molecular complexity index is 388. The van der Waals surface area contributed by atoms with Crippen LogP contribution in [0.4, 0.5) is 9.18 Å². The number of rotatable bonds is 1. The number of benzene rings is 1. The third-order valence-corrected chi connectivity index (χ3v) is 2.64. The molecule has 15 heavy (non-hydrogen) atoms. The lowest BCUT2D eigenvalue weighted by Crippen LogP contribution is -2.19. The molecule has 0 unspecified atom stereocenters. The highest BCUT2D eigenvalue weighted by Crippen LogP contribution is 2.25. The third-order valence-electron chi connectivity index (χ3n) is 2.03. The second-order valence-electron chi connectivity index (χ2n) is 2.94. The Morgan fingerprint density at radius 2 is 2.27 bits per heavy atom. The first-order valence-corrected chi connectivity index (χ1v) is 4.85. The Hall–Kier alpha value is -0.810. The zero-order valence-corrected chi connectivity index (χ0v) is 9.90. The number of hydrogen-bond acceptors (Lipinski definition) is 2. The zero-order valence-electron chi connectivity index (χ0n) is 7.50. The molecule has 1 aromatic carbocycles. The average molecular weight is 297 g/mol. The van der Waals surface area contributed by atoms with Crippen molar-refractivity contribution >= 4 is 34.4 Å². The molecule has 2 rings (SSSR count). The van der Waals surface area contributed by atoms with Crippen molar-refractivity contribution in [3.8, 4) is 0 Å². The molecule has 1 aliphatic rings. The first kappa shape index (κ1) is 12.3. The summed E-state index contributed by atoms with van der Waals surface area (Å²) in [6.45, 7) is 0.173. The molecule has 6 heteroatoms. The van der Waals surface area contributed by atoms with Crippen molar-refractivity contribution in [3.63, 3.8) is 0 Å². The molecule has 1 amide bonds. The summed E-state index contributed by atoms with van der Waals surface area (Å²) >= 11 is 3.08. The number of nitrogens with one attached hydrogen (secondary N) is 1. The van der Waals surface area contributed by atoms with Crippen LogP contribution in [0.5, 0.6) is 0 Å². The first-order chi connectivity index (χ1) is 6.68. The van der Waals surface area contributed by atoms with Gasteiger partial charge in [-0.05, 0) is 22.0 Å². The van der Waals surface area contributed by atoms with E-state index in [9.17, 15) is 9.18 Å². The molecular weight excluding hydrogens is 288 g/mol. The van der Waals surface area contributed by atoms with Crippen molar-refractivity contribution in [1.82, 2.24) is 5.32 Å². The van der Waals surface area contributed by atoms with Crippen molar-refractivity contribution in [2.45, 2.75) is 6.04 Å². The number of cyclic esters (lactones) is 1. The van der Waals surface area contributed by atoms with E-state index in [0.717, 1.165) is 0 Å². The molecule has 0 spiro atoms. The molecule has 0 radical (unpaired) electrons. The molecular formula is C9H8BrClFNO2. The van der Waals surface area contributed by atoms with Crippen molar-refractivity contribution in [2.24, 2.45) is 0 Å². The van der Waals surface area contributed by atoms with Gasteiger partial charge in [0.15, 0.2) is 0 Å². The van der Waals surface area contributed by atoms with E-state index in [-0.39, 0.29) is 30.9 Å². The quantitative estimate of drug-likeness (QED) is 0.865. The van der Waals surface area contributed by atoms with Gasteiger partial charge in [-0.2, -0.15) is 0 Å². The number of hydrogen-bond donors (Lipinski definition) is 1. The van der Waals surface area contributed by atoms with Gasteiger partial charge in [0.2, 0.25) is 0 Å². The van der Waals surface area contributed by atoms with Gasteiger partial charge in [-0.1, -0.05) is 12.1 Å². The SMILES string of the molecule is Cl.O=C1N[C@@H](c2cccc(Br)c2F)CO1. The van der Waals surface area contributed by atoms with E-state index in [0.29, 0.717) is 10.0 Å². The van der Waals surface area contributed by atoms with Gasteiger partial charge in [-0.15, -0.1) is 12.4 Å². The Kier molecular flexibility index (Phi) is 3.93. The summed E-state index contributed by atoms with van der Waals surface area (Å²) in [5.74, 6) is -0.358. The Labute approximate surface area is 101 Å². The summed E-state index contributed by atoms with van der Waals surface area (Å²) in [5, 5.41) is 2.52. The highest BCUT2D eigenvalue weighted by molar-refractivity contribution is 9.10. The van der Waals surface area contributed by atoms with Gasteiger partial charge < -0.3 is 10.1 Å². The van der Waals surface area contributed by atoms with E-state index < -0.39 is 6.09 Å². The molecule has 1 fully saturated rings. The predicted octanol–water partition coefficient (Wildman–Crippen LogP) is 2.79. The molecule has 3 nitrogen and oxygen atoms in total. The van der Waals surface area contributed by atoms with Gasteiger partial charge >= 0.3 is 6.09 Å². The summed E-state index contributed by atoms with van der Waals surface area (Å²) in [4.78, 5) is 10.8. The minimum absolute atomic E-state index is 0. The summed E-state index contributed by atoms with van der Waals surface area (Å²) in [7, 11) is 0. The van der Waals surface area contributed by atoms with Crippen molar-refractivity contribution in [3.05, 3.63) is 34.1 Å². The Morgan fingerprint density at radius 1 is 1.53 bits per heavy atom. The lowest BCUT2D eigenvalue weighted by atomic mass is 10.1. The zero-order chi connectivity index (χ0) is 10.1. The van der Waals surface area contributed by atoms with Crippen LogP contribution in [0.15, 0.2) is 22.7 Å². The number of carbonyl (C=O) groups excluding carboxylic acids is 1. The minimum atomic E-state index is -0.505. The topological polar surface area (TPSA) is 38.3 Å². The second-order valence-corrected chi connectivity index (χ2v) is 3.79. The molecule has 0 saturated carbocycles. The second kappa shape index (κ2) is 4.81. The normalized spacial score (nSPS) is 19.1. The first-order valence-electron chi connectivity index (χ1n) is 4.05. The predicted molar refractivity (Wildman–Crippen MR) is 58.6 cm³/mol. The summed E-state index contributed by atoms with van der Waals surface area (Å²) in [6.07, 6.45) is -0.505. The fourth-order valence-corrected chi connectivity index (χ4v) is 1.72. The van der Waals surface area contributed by atoms with Crippen molar-refractivity contribution in [1.29, 1.82) is 0 Å². The van der Waals surface area contributed by atoms with E-state index in [4.69, 9.17) is 0 Å². The number of amides is 1. The largest absolute Gasteiger partial charge is 0.447 e. The summed E-state index contributed by atoms with van der Waals surface area (Å²) < 4.78 is 18.6. The van der Waals surface area contributed by atoms with E-state index >= 15 is 0 Å². The van der Waals surface area contributed by atoms with Crippen LogP contribution in [0.2, 0.25) is 0 Å². The maximum Gasteiger partial charge on any atom is 0.407 e. The monoisotopic (exact) mass is 295 g/mol. The van der Waals surface area contributed by atoms with Gasteiger partial charge in [-0.25, -0.2) is 9.18 Å². The number of halogens is 3. The molecule has 1 atom stereocenters. The summed E-state index contributed by atoms with van der Waals surface area (Å²) in [6, 6.07) is 4.56. The fourth-order valence-electron chi connectivity index (χ4n) is 1.34. The fraction of sp³-hybridized carbons (Fsp3) is 0.222. The molecule has 1 aromatic rings. The van der Waals surface area contributed by atoms with Crippen LogP contribution in [-0.4, -0.2) is 12.7 Å². The Balaban J connectivity index is 0.00000112. The van der Waals surface area contributed by atoms with Gasteiger partial charge in [0.25, 0.3) is 0 Å². The van der Waals surface area contributed by atoms with Crippen LogP contribution in [0.1, 0.15) is 11.6 Å². The molecule has 0 aliphatic carbocycles. The van der Waals surface area contributed by atoms with E-state index in [1.54, 1.807) is 18.2 Å². The van der Waals surface area contributed by atoms with E-state index in [2.05, 4.69) is 26.0 Å². The van der Waals surface area contributed by atoms with Gasteiger partial charge in [-0.3, -0.25) is 0 Å². The highest BCUT2D eigenvalue weighted by Gasteiger charge is 2.26. The van der Waals surface area contributed by atoms with Crippen LogP contribution < -0.4 is 5.32 Å². The van der Waals surface area contributed by atoms with Crippen LogP contribution >= 0.6 is 28.3 Å². The molecule has 1 N–H and O–H groups in total. The molecule has 1 saturated heterocycles. The van der Waals surface area contributed by atoms with Gasteiger partial charge in [0, 0.05) is 5.56 Å². The van der Waals surface area contributed by atoms with E-state index in [1.807, 2.05) is 0 Å². The summed E-state index contributed by atoms with van der Waals surface area (Å²) in [5.41, 5.74) is 0.435. The van der Waals surface area contributed by atoms with Crippen LogP contribution in [0, 0.1) is 5.82 Å². The van der Waals surface area contributed by atoms with Crippen molar-refractivity contribution in [2.75, 3.05) is 6.61 Å². The maximum atomic E-state index is 13.5. The molecule has 0 aromatic heterocycles. The van der Waals surface area contributed by atoms with Crippen LogP contribution in [0.25, 0.3) is 0 Å². The number of ether oxygens (including phenoxy) is 1. The lowest BCUT2D eigenvalue weighted by Gasteiger charge is -2.09. The molecule has 82 valence electrons. The third kappa shape index (κ3) is 2.41. The maximum absolute atomic E-state index is 13.5. The smallest absolute Gasteiger partial charge is 0.407 e. The van der Waals surface area contributed by atoms with Gasteiger partial charge in [0.05, 0.1) is 10.5 Å². The number of alkyl carbamates (subject to hydrolysis) is 1. The lowest BCUT2D eigenvalue weighted by molar-refractivity contribution is 0.176. The number of carbonyl (C=O) groups is 1. The molecule has 1 heterocycles. The van der Waals surface area contributed by atoms with Crippen LogP contribution in [0.3, 0.4) is 0 Å². The van der Waals surface area contributed by atoms with E-state index in [1.165, 1.54) is 0 Å². The standard InChI is InChI=1S/C9H7BrFNO2.ClH/c10-6-3-1-2-5(8(6)11)7-4-14-9(13)12-7;/h1-3,7H,4H2,(H,12,13);1H/t7-;/m1./s1. The van der Waals surface area contributed by atoms with Crippen LogP contribution in [-0.2, 0) is 4.74 Å².